The molecular formula is C15H34O6Si2. The molecule has 6 nitrogen and oxygen atoms in total. The Balaban J connectivity index is 0. The van der Waals surface area contributed by atoms with Gasteiger partial charge in [0.1, 0.15) is 0 Å². The third-order valence-electron chi connectivity index (χ3n) is 2.51. The Labute approximate surface area is 144 Å². The van der Waals surface area contributed by atoms with E-state index in [0.717, 1.165) is 6.04 Å². The lowest BCUT2D eigenvalue weighted by Crippen LogP contribution is -2.50. The van der Waals surface area contributed by atoms with Gasteiger partial charge in [0, 0.05) is 40.1 Å². The van der Waals surface area contributed by atoms with E-state index in [9.17, 15) is 0 Å². The molecular weight excluding hydrogens is 332 g/mol. The fourth-order valence-electron chi connectivity index (χ4n) is 1.46. The van der Waals surface area contributed by atoms with Crippen LogP contribution in [0.2, 0.25) is 6.04 Å². The van der Waals surface area contributed by atoms with Gasteiger partial charge in [-0.3, -0.25) is 0 Å². The molecule has 0 aliphatic rings. The smallest absolute Gasteiger partial charge is 0.400 e. The summed E-state index contributed by atoms with van der Waals surface area (Å²) >= 11 is 0. The molecule has 0 aliphatic heterocycles. The Morgan fingerprint density at radius 1 is 0.957 bits per heavy atom. The first-order chi connectivity index (χ1) is 11.0. The predicted octanol–water partition coefficient (Wildman–Crippen LogP) is 2.81. The molecule has 23 heavy (non-hydrogen) atoms. The molecule has 0 bridgehead atoms. The van der Waals surface area contributed by atoms with E-state index in [1.54, 1.807) is 20.3 Å². The normalized spacial score (nSPS) is 12.5. The summed E-state index contributed by atoms with van der Waals surface area (Å²) in [5.74, 6) is 0. The third kappa shape index (κ3) is 12.7. The molecule has 8 heteroatoms. The highest BCUT2D eigenvalue weighted by Crippen LogP contribution is 2.14. The lowest BCUT2D eigenvalue weighted by molar-refractivity contribution is -0.0374. The molecule has 0 aromatic carbocycles. The molecule has 0 spiro atoms. The molecule has 0 saturated carbocycles. The lowest BCUT2D eigenvalue weighted by atomic mass is 10.4. The van der Waals surface area contributed by atoms with Gasteiger partial charge in [0.25, 0.3) is 0 Å². The van der Waals surface area contributed by atoms with Crippen LogP contribution in [-0.4, -0.2) is 58.5 Å². The summed E-state index contributed by atoms with van der Waals surface area (Å²) in [5, 5.41) is 0. The van der Waals surface area contributed by atoms with Crippen molar-refractivity contribution < 1.29 is 26.6 Å². The summed E-state index contributed by atoms with van der Waals surface area (Å²) in [5.41, 5.74) is 0. The van der Waals surface area contributed by atoms with Gasteiger partial charge in [0.15, 0.2) is 0 Å². The Morgan fingerprint density at radius 3 is 1.61 bits per heavy atom. The second-order valence-corrected chi connectivity index (χ2v) is 8.66. The molecule has 138 valence electrons. The molecule has 0 rings (SSSR count). The fraction of sp³-hybridized carbons (Fsp3) is 0.733. The van der Waals surface area contributed by atoms with Crippen molar-refractivity contribution in [3.8, 4) is 0 Å². The average molecular weight is 367 g/mol. The van der Waals surface area contributed by atoms with Crippen LogP contribution in [0.1, 0.15) is 27.7 Å². The Bertz CT molecular complexity index is 270. The van der Waals surface area contributed by atoms with E-state index >= 15 is 0 Å². The standard InChI is InChI=1S/C10H22O4Si.C5H12O2Si/c1-6-10(5)14-15(11-7-2,12-8-3)13-9-4;1-4-5-8(6-2)7-3/h6,10H,1,7-9H2,2-5H3;4,8H,1,5H2,2-3H3. The van der Waals surface area contributed by atoms with Gasteiger partial charge in [-0.05, 0) is 27.7 Å². The van der Waals surface area contributed by atoms with E-state index in [1.807, 2.05) is 33.8 Å². The van der Waals surface area contributed by atoms with Gasteiger partial charge in [0.2, 0.25) is 0 Å². The zero-order chi connectivity index (χ0) is 18.1. The molecule has 0 saturated heterocycles. The van der Waals surface area contributed by atoms with E-state index in [1.165, 1.54) is 0 Å². The van der Waals surface area contributed by atoms with E-state index in [2.05, 4.69) is 13.2 Å². The van der Waals surface area contributed by atoms with E-state index in [-0.39, 0.29) is 6.10 Å². The predicted molar refractivity (Wildman–Crippen MR) is 97.5 cm³/mol. The van der Waals surface area contributed by atoms with Crippen molar-refractivity contribution in [2.45, 2.75) is 39.8 Å². The van der Waals surface area contributed by atoms with Gasteiger partial charge >= 0.3 is 18.3 Å². The van der Waals surface area contributed by atoms with Crippen LogP contribution in [0.3, 0.4) is 0 Å². The van der Waals surface area contributed by atoms with Gasteiger partial charge in [-0.1, -0.05) is 12.2 Å². The fourth-order valence-corrected chi connectivity index (χ4v) is 4.37. The van der Waals surface area contributed by atoms with Gasteiger partial charge in [-0.25, -0.2) is 0 Å². The van der Waals surface area contributed by atoms with Crippen molar-refractivity contribution in [1.29, 1.82) is 0 Å². The van der Waals surface area contributed by atoms with Crippen molar-refractivity contribution in [2.75, 3.05) is 34.0 Å². The molecule has 0 radical (unpaired) electrons. The number of hydrogen-bond donors (Lipinski definition) is 0. The van der Waals surface area contributed by atoms with E-state index in [0.29, 0.717) is 19.8 Å². The number of hydrogen-bond acceptors (Lipinski definition) is 6. The Hall–Kier alpha value is -0.326. The molecule has 0 N–H and O–H groups in total. The van der Waals surface area contributed by atoms with Gasteiger partial charge in [-0.2, -0.15) is 0 Å². The summed E-state index contributed by atoms with van der Waals surface area (Å²) in [6.45, 7) is 16.3. The van der Waals surface area contributed by atoms with Crippen LogP contribution in [0.5, 0.6) is 0 Å². The molecule has 0 fully saturated rings. The molecule has 0 amide bonds. The van der Waals surface area contributed by atoms with Gasteiger partial charge in [-0.15, -0.1) is 13.2 Å². The molecule has 0 aromatic rings. The van der Waals surface area contributed by atoms with Crippen molar-refractivity contribution in [3.05, 3.63) is 25.3 Å². The largest absolute Gasteiger partial charge is 0.680 e. The third-order valence-corrected chi connectivity index (χ3v) is 6.87. The van der Waals surface area contributed by atoms with Crippen molar-refractivity contribution >= 4 is 18.3 Å². The van der Waals surface area contributed by atoms with Crippen LogP contribution in [0, 0.1) is 0 Å². The lowest BCUT2D eigenvalue weighted by Gasteiger charge is -2.28. The highest BCUT2D eigenvalue weighted by Gasteiger charge is 2.45. The minimum absolute atomic E-state index is 0.138. The first kappa shape index (κ1) is 24.9. The van der Waals surface area contributed by atoms with Crippen LogP contribution in [0.4, 0.5) is 0 Å². The molecule has 1 atom stereocenters. The van der Waals surface area contributed by atoms with Crippen LogP contribution in [0.15, 0.2) is 25.3 Å². The van der Waals surface area contributed by atoms with Crippen LogP contribution in [0.25, 0.3) is 0 Å². The molecule has 0 aliphatic carbocycles. The summed E-state index contributed by atoms with van der Waals surface area (Å²) in [6.07, 6.45) is 3.38. The zero-order valence-electron chi connectivity index (χ0n) is 15.5. The quantitative estimate of drug-likeness (QED) is 0.369. The highest BCUT2D eigenvalue weighted by atomic mass is 28.4. The SMILES string of the molecule is C=CC(C)O[Si](OCC)(OCC)OCC.C=CC[SiH](OC)OC. The second-order valence-electron chi connectivity index (χ2n) is 4.28. The summed E-state index contributed by atoms with van der Waals surface area (Å²) < 4.78 is 32.2. The highest BCUT2D eigenvalue weighted by molar-refractivity contribution is 6.53. The zero-order valence-corrected chi connectivity index (χ0v) is 17.7. The summed E-state index contributed by atoms with van der Waals surface area (Å²) in [6, 6.07) is 0.882. The van der Waals surface area contributed by atoms with Crippen molar-refractivity contribution in [3.63, 3.8) is 0 Å². The van der Waals surface area contributed by atoms with E-state index < -0.39 is 18.3 Å². The Morgan fingerprint density at radius 2 is 1.39 bits per heavy atom. The van der Waals surface area contributed by atoms with Crippen molar-refractivity contribution in [2.24, 2.45) is 0 Å². The molecule has 0 aromatic heterocycles. The minimum atomic E-state index is -2.95. The van der Waals surface area contributed by atoms with Crippen LogP contribution >= 0.6 is 0 Å². The average Bonchev–Trinajstić information content (AvgIpc) is 2.53. The topological polar surface area (TPSA) is 55.4 Å². The first-order valence-electron chi connectivity index (χ1n) is 7.87. The summed E-state index contributed by atoms with van der Waals surface area (Å²) in [4.78, 5) is 0. The maximum atomic E-state index is 5.66. The van der Waals surface area contributed by atoms with Crippen LogP contribution < -0.4 is 0 Å². The minimum Gasteiger partial charge on any atom is -0.400 e. The number of rotatable bonds is 13. The van der Waals surface area contributed by atoms with Gasteiger partial charge in [0.05, 0.1) is 6.10 Å². The summed E-state index contributed by atoms with van der Waals surface area (Å²) in [7, 11) is -0.920. The maximum Gasteiger partial charge on any atom is 0.680 e. The second kappa shape index (κ2) is 16.5. The molecule has 1 unspecified atom stereocenters. The maximum absolute atomic E-state index is 5.66. The monoisotopic (exact) mass is 366 g/mol. The first-order valence-corrected chi connectivity index (χ1v) is 11.3. The van der Waals surface area contributed by atoms with Gasteiger partial charge < -0.3 is 26.6 Å². The van der Waals surface area contributed by atoms with E-state index in [4.69, 9.17) is 26.6 Å². The van der Waals surface area contributed by atoms with Crippen molar-refractivity contribution in [1.82, 2.24) is 0 Å². The Kier molecular flexibility index (Phi) is 17.9. The van der Waals surface area contributed by atoms with Crippen LogP contribution in [-0.2, 0) is 26.6 Å². The number of allylic oxidation sites excluding steroid dienone is 1. The molecule has 0 heterocycles.